The van der Waals surface area contributed by atoms with E-state index in [0.717, 1.165) is 10.9 Å². The number of methoxy groups -OCH3 is 1. The van der Waals surface area contributed by atoms with Crippen LogP contribution in [0.5, 0.6) is 5.75 Å². The monoisotopic (exact) mass is 346 g/mol. The van der Waals surface area contributed by atoms with Gasteiger partial charge in [-0.15, -0.1) is 17.0 Å². The van der Waals surface area contributed by atoms with E-state index in [4.69, 9.17) is 10.5 Å². The van der Waals surface area contributed by atoms with Gasteiger partial charge in [-0.05, 0) is 30.3 Å². The van der Waals surface area contributed by atoms with Gasteiger partial charge in [0.05, 0.1) is 12.8 Å². The highest BCUT2D eigenvalue weighted by Crippen LogP contribution is 2.30. The average Bonchev–Trinajstić information content (AvgIpc) is 2.48. The molecule has 0 atom stereocenters. The van der Waals surface area contributed by atoms with Gasteiger partial charge in [-0.1, -0.05) is 18.2 Å². The summed E-state index contributed by atoms with van der Waals surface area (Å²) in [6.45, 7) is 0. The number of aromatic amines is 1. The minimum absolute atomic E-state index is 0. The number of benzene rings is 2. The Morgan fingerprint density at radius 3 is 2.57 bits per heavy atom. The van der Waals surface area contributed by atoms with Crippen molar-refractivity contribution in [2.24, 2.45) is 0 Å². The van der Waals surface area contributed by atoms with Crippen LogP contribution in [-0.2, 0) is 0 Å². The van der Waals surface area contributed by atoms with E-state index < -0.39 is 0 Å². The quantitative estimate of drug-likeness (QED) is 0.699. The number of nitrogen functional groups attached to an aromatic ring is 1. The summed E-state index contributed by atoms with van der Waals surface area (Å²) in [4.78, 5) is 15.1. The van der Waals surface area contributed by atoms with Gasteiger partial charge in [0, 0.05) is 22.0 Å². The van der Waals surface area contributed by atoms with E-state index in [-0.39, 0.29) is 22.5 Å². The lowest BCUT2D eigenvalue weighted by Gasteiger charge is -2.09. The van der Waals surface area contributed by atoms with Gasteiger partial charge in [0.15, 0.2) is 0 Å². The number of pyridine rings is 1. The number of aromatic nitrogens is 1. The van der Waals surface area contributed by atoms with Gasteiger partial charge in [0.2, 0.25) is 0 Å². The molecule has 0 fully saturated rings. The minimum atomic E-state index is -0.157. The van der Waals surface area contributed by atoms with Gasteiger partial charge in [-0.3, -0.25) is 4.79 Å². The molecule has 0 saturated heterocycles. The second-order valence-electron chi connectivity index (χ2n) is 4.52. The maximum Gasteiger partial charge on any atom is 0.256 e. The van der Waals surface area contributed by atoms with Gasteiger partial charge < -0.3 is 15.5 Å². The molecule has 1 heterocycles. The predicted molar refractivity (Wildman–Crippen MR) is 91.3 cm³/mol. The van der Waals surface area contributed by atoms with E-state index in [1.54, 1.807) is 25.3 Å². The van der Waals surface area contributed by atoms with E-state index in [1.807, 2.05) is 30.3 Å². The molecule has 0 unspecified atom stereocenters. The van der Waals surface area contributed by atoms with Crippen LogP contribution in [0.15, 0.2) is 53.3 Å². The lowest BCUT2D eigenvalue weighted by Crippen LogP contribution is -2.08. The number of fused-ring (bicyclic) bond motifs is 1. The van der Waals surface area contributed by atoms with Crippen molar-refractivity contribution in [2.45, 2.75) is 0 Å². The zero-order chi connectivity index (χ0) is 14.1. The smallest absolute Gasteiger partial charge is 0.256 e. The lowest BCUT2D eigenvalue weighted by atomic mass is 10.1. The molecule has 3 aromatic rings. The first-order valence-electron chi connectivity index (χ1n) is 6.25. The first-order chi connectivity index (χ1) is 9.70. The average molecular weight is 347 g/mol. The Balaban J connectivity index is 0.00000161. The molecule has 5 heteroatoms. The summed E-state index contributed by atoms with van der Waals surface area (Å²) in [7, 11) is 1.60. The largest absolute Gasteiger partial charge is 0.496 e. The zero-order valence-corrected chi connectivity index (χ0v) is 13.1. The van der Waals surface area contributed by atoms with Crippen LogP contribution in [0.1, 0.15) is 0 Å². The van der Waals surface area contributed by atoms with Crippen LogP contribution in [0, 0.1) is 0 Å². The summed E-state index contributed by atoms with van der Waals surface area (Å²) in [5, 5.41) is 1.33. The van der Waals surface area contributed by atoms with Crippen molar-refractivity contribution in [3.05, 3.63) is 58.9 Å². The standard InChI is InChI=1S/C16H14N2O2.BrH/c1-20-15-8-3-2-5-11(15)14-9-12-10(16(19)18-14)6-4-7-13(12)17;/h2-9H,17H2,1H3,(H,18,19);1H. The molecule has 21 heavy (non-hydrogen) atoms. The number of rotatable bonds is 2. The summed E-state index contributed by atoms with van der Waals surface area (Å²) in [6, 6.07) is 14.7. The Kier molecular flexibility index (Phi) is 4.33. The summed E-state index contributed by atoms with van der Waals surface area (Å²) in [6.07, 6.45) is 0. The maximum atomic E-state index is 12.2. The molecular weight excluding hydrogens is 332 g/mol. The highest BCUT2D eigenvalue weighted by molar-refractivity contribution is 8.93. The van der Waals surface area contributed by atoms with Gasteiger partial charge in [0.25, 0.3) is 5.56 Å². The Hall–Kier alpha value is -2.27. The Morgan fingerprint density at radius 1 is 1.05 bits per heavy atom. The fourth-order valence-electron chi connectivity index (χ4n) is 2.32. The fraction of sp³-hybridized carbons (Fsp3) is 0.0625. The van der Waals surface area contributed by atoms with Crippen molar-refractivity contribution >= 4 is 33.4 Å². The Bertz CT molecular complexity index is 843. The molecule has 0 radical (unpaired) electrons. The Labute approximate surface area is 132 Å². The third-order valence-electron chi connectivity index (χ3n) is 3.32. The van der Waals surface area contributed by atoms with Crippen molar-refractivity contribution < 1.29 is 4.74 Å². The second-order valence-corrected chi connectivity index (χ2v) is 4.52. The molecule has 0 amide bonds. The van der Waals surface area contributed by atoms with E-state index in [9.17, 15) is 4.79 Å². The van der Waals surface area contributed by atoms with Crippen molar-refractivity contribution in [1.82, 2.24) is 4.98 Å². The summed E-state index contributed by atoms with van der Waals surface area (Å²) >= 11 is 0. The molecule has 2 aromatic carbocycles. The Morgan fingerprint density at radius 2 is 1.81 bits per heavy atom. The van der Waals surface area contributed by atoms with Gasteiger partial charge in [0.1, 0.15) is 5.75 Å². The van der Waals surface area contributed by atoms with E-state index in [0.29, 0.717) is 22.5 Å². The van der Waals surface area contributed by atoms with Gasteiger partial charge >= 0.3 is 0 Å². The molecule has 3 rings (SSSR count). The molecule has 0 spiro atoms. The number of hydrogen-bond donors (Lipinski definition) is 2. The number of nitrogens with one attached hydrogen (secondary N) is 1. The highest BCUT2D eigenvalue weighted by atomic mass is 79.9. The van der Waals surface area contributed by atoms with Crippen molar-refractivity contribution in [3.8, 4) is 17.0 Å². The molecule has 0 aliphatic heterocycles. The molecule has 0 aliphatic carbocycles. The van der Waals surface area contributed by atoms with Gasteiger partial charge in [-0.25, -0.2) is 0 Å². The molecule has 108 valence electrons. The molecular formula is C16H15BrN2O2. The number of hydrogen-bond acceptors (Lipinski definition) is 3. The number of para-hydroxylation sites is 1. The molecule has 0 saturated carbocycles. The van der Waals surface area contributed by atoms with Crippen LogP contribution in [0.4, 0.5) is 5.69 Å². The highest BCUT2D eigenvalue weighted by Gasteiger charge is 2.09. The molecule has 4 nitrogen and oxygen atoms in total. The SMILES string of the molecule is Br.COc1ccccc1-c1cc2c(N)cccc2c(=O)[nH]1. The summed E-state index contributed by atoms with van der Waals surface area (Å²) in [5.74, 6) is 0.706. The molecule has 1 aromatic heterocycles. The second kappa shape index (κ2) is 6.01. The maximum absolute atomic E-state index is 12.2. The van der Waals surface area contributed by atoms with Crippen LogP contribution in [0.3, 0.4) is 0 Å². The number of halogens is 1. The summed E-state index contributed by atoms with van der Waals surface area (Å²) in [5.41, 5.74) is 7.91. The van der Waals surface area contributed by atoms with Crippen LogP contribution < -0.4 is 16.0 Å². The predicted octanol–water partition coefficient (Wildman–Crippen LogP) is 3.36. The topological polar surface area (TPSA) is 68.1 Å². The van der Waals surface area contributed by atoms with Crippen molar-refractivity contribution in [3.63, 3.8) is 0 Å². The van der Waals surface area contributed by atoms with E-state index in [2.05, 4.69) is 4.98 Å². The van der Waals surface area contributed by atoms with E-state index >= 15 is 0 Å². The van der Waals surface area contributed by atoms with Crippen LogP contribution in [-0.4, -0.2) is 12.1 Å². The fourth-order valence-corrected chi connectivity index (χ4v) is 2.32. The third kappa shape index (κ3) is 2.64. The number of anilines is 1. The third-order valence-corrected chi connectivity index (χ3v) is 3.32. The zero-order valence-electron chi connectivity index (χ0n) is 11.4. The molecule has 0 bridgehead atoms. The number of nitrogens with two attached hydrogens (primary N) is 1. The number of H-pyrrole nitrogens is 1. The van der Waals surface area contributed by atoms with Crippen LogP contribution >= 0.6 is 17.0 Å². The number of ether oxygens (including phenoxy) is 1. The lowest BCUT2D eigenvalue weighted by molar-refractivity contribution is 0.416. The minimum Gasteiger partial charge on any atom is -0.496 e. The normalized spacial score (nSPS) is 10.1. The van der Waals surface area contributed by atoms with Gasteiger partial charge in [-0.2, -0.15) is 0 Å². The van der Waals surface area contributed by atoms with E-state index in [1.165, 1.54) is 0 Å². The first kappa shape index (κ1) is 15.1. The first-order valence-corrected chi connectivity index (χ1v) is 6.25. The van der Waals surface area contributed by atoms with Crippen molar-refractivity contribution in [2.75, 3.05) is 12.8 Å². The molecule has 3 N–H and O–H groups in total. The summed E-state index contributed by atoms with van der Waals surface area (Å²) < 4.78 is 5.33. The van der Waals surface area contributed by atoms with Crippen LogP contribution in [0.2, 0.25) is 0 Å². The van der Waals surface area contributed by atoms with Crippen LogP contribution in [0.25, 0.3) is 22.0 Å². The molecule has 0 aliphatic rings. The van der Waals surface area contributed by atoms with Crippen molar-refractivity contribution in [1.29, 1.82) is 0 Å².